The van der Waals surface area contributed by atoms with Gasteiger partial charge in [0.2, 0.25) is 5.95 Å². The number of hydrogen-bond acceptors (Lipinski definition) is 5. The van der Waals surface area contributed by atoms with Crippen molar-refractivity contribution in [1.29, 1.82) is 0 Å². The fourth-order valence-corrected chi connectivity index (χ4v) is 1.56. The Balaban J connectivity index is 2.31. The highest BCUT2D eigenvalue weighted by molar-refractivity contribution is 5.86. The first kappa shape index (κ1) is 12.6. The molecule has 6 nitrogen and oxygen atoms in total. The molecule has 6 heteroatoms. The maximum Gasteiger partial charge on any atom is 0.226 e. The average Bonchev–Trinajstić information content (AvgIpc) is 2.73. The summed E-state index contributed by atoms with van der Waals surface area (Å²) in [5.74, 6) is 1.44. The van der Waals surface area contributed by atoms with Gasteiger partial charge in [-0.3, -0.25) is 5.10 Å². The number of anilines is 2. The molecule has 0 aliphatic carbocycles. The van der Waals surface area contributed by atoms with Crippen molar-refractivity contribution in [2.75, 3.05) is 23.7 Å². The third kappa shape index (κ3) is 2.88. The van der Waals surface area contributed by atoms with E-state index in [0.29, 0.717) is 5.95 Å². The first-order valence-corrected chi connectivity index (χ1v) is 6.18. The van der Waals surface area contributed by atoms with Crippen LogP contribution >= 0.6 is 0 Å². The largest absolute Gasteiger partial charge is 0.369 e. The summed E-state index contributed by atoms with van der Waals surface area (Å²) in [5, 5.41) is 14.3. The standard InChI is InChI=1S/C12H20N6/c1-5-13-11-16-9(14-7-12(2,3)4)8-6-15-18-10(8)17-11/h6H,5,7H2,1-4H3,(H3,13,14,15,16,17,18). The molecular formula is C12H20N6. The number of nitrogens with zero attached hydrogens (tertiary/aromatic N) is 3. The molecule has 2 rings (SSSR count). The topological polar surface area (TPSA) is 78.5 Å². The fourth-order valence-electron chi connectivity index (χ4n) is 1.56. The fraction of sp³-hybridized carbons (Fsp3) is 0.583. The van der Waals surface area contributed by atoms with Crippen LogP contribution in [0.4, 0.5) is 11.8 Å². The van der Waals surface area contributed by atoms with Crippen molar-refractivity contribution in [1.82, 2.24) is 20.2 Å². The van der Waals surface area contributed by atoms with Crippen molar-refractivity contribution in [3.8, 4) is 0 Å². The Morgan fingerprint density at radius 3 is 2.67 bits per heavy atom. The van der Waals surface area contributed by atoms with Gasteiger partial charge in [-0.2, -0.15) is 15.1 Å². The van der Waals surface area contributed by atoms with Gasteiger partial charge in [0.25, 0.3) is 0 Å². The third-order valence-corrected chi connectivity index (χ3v) is 2.43. The maximum atomic E-state index is 4.47. The van der Waals surface area contributed by atoms with Crippen LogP contribution in [0.1, 0.15) is 27.7 Å². The number of H-pyrrole nitrogens is 1. The lowest BCUT2D eigenvalue weighted by Crippen LogP contribution is -2.20. The van der Waals surface area contributed by atoms with E-state index in [1.165, 1.54) is 0 Å². The first-order valence-electron chi connectivity index (χ1n) is 6.18. The predicted octanol–water partition coefficient (Wildman–Crippen LogP) is 2.24. The van der Waals surface area contributed by atoms with Crippen LogP contribution in [0, 0.1) is 5.41 Å². The summed E-state index contributed by atoms with van der Waals surface area (Å²) in [6.07, 6.45) is 1.75. The van der Waals surface area contributed by atoms with Crippen molar-refractivity contribution in [3.63, 3.8) is 0 Å². The zero-order valence-electron chi connectivity index (χ0n) is 11.3. The van der Waals surface area contributed by atoms with Gasteiger partial charge in [0, 0.05) is 13.1 Å². The molecule has 18 heavy (non-hydrogen) atoms. The summed E-state index contributed by atoms with van der Waals surface area (Å²) in [5.41, 5.74) is 0.941. The summed E-state index contributed by atoms with van der Waals surface area (Å²) in [7, 11) is 0. The highest BCUT2D eigenvalue weighted by Crippen LogP contribution is 2.22. The minimum Gasteiger partial charge on any atom is -0.369 e. The van der Waals surface area contributed by atoms with Gasteiger partial charge >= 0.3 is 0 Å². The van der Waals surface area contributed by atoms with E-state index in [-0.39, 0.29) is 5.41 Å². The predicted molar refractivity (Wildman–Crippen MR) is 73.8 cm³/mol. The molecule has 0 aliphatic rings. The SMILES string of the molecule is CCNc1nc(NCC(C)(C)C)c2cn[nH]c2n1. The molecule has 98 valence electrons. The minimum absolute atomic E-state index is 0.194. The molecule has 0 unspecified atom stereocenters. The summed E-state index contributed by atoms with van der Waals surface area (Å²) in [6.45, 7) is 10.2. The van der Waals surface area contributed by atoms with Crippen LogP contribution < -0.4 is 10.6 Å². The summed E-state index contributed by atoms with van der Waals surface area (Å²) in [6, 6.07) is 0. The molecule has 0 atom stereocenters. The normalized spacial score (nSPS) is 11.8. The van der Waals surface area contributed by atoms with Crippen LogP contribution in [0.3, 0.4) is 0 Å². The second-order valence-electron chi connectivity index (χ2n) is 5.47. The van der Waals surface area contributed by atoms with E-state index in [0.717, 1.165) is 29.9 Å². The molecule has 0 spiro atoms. The minimum atomic E-state index is 0.194. The van der Waals surface area contributed by atoms with Crippen molar-refractivity contribution < 1.29 is 0 Å². The third-order valence-electron chi connectivity index (χ3n) is 2.43. The number of rotatable bonds is 4. The summed E-state index contributed by atoms with van der Waals surface area (Å²) < 4.78 is 0. The number of aromatic nitrogens is 4. The van der Waals surface area contributed by atoms with E-state index in [9.17, 15) is 0 Å². The average molecular weight is 248 g/mol. The van der Waals surface area contributed by atoms with Gasteiger partial charge < -0.3 is 10.6 Å². The van der Waals surface area contributed by atoms with Crippen molar-refractivity contribution in [3.05, 3.63) is 6.20 Å². The van der Waals surface area contributed by atoms with Crippen LogP contribution in [0.15, 0.2) is 6.20 Å². The van der Waals surface area contributed by atoms with Crippen molar-refractivity contribution >= 4 is 22.8 Å². The summed E-state index contributed by atoms with van der Waals surface area (Å²) >= 11 is 0. The molecule has 0 amide bonds. The second kappa shape index (κ2) is 4.80. The Labute approximate surface area is 107 Å². The zero-order valence-corrected chi connectivity index (χ0v) is 11.3. The smallest absolute Gasteiger partial charge is 0.226 e. The van der Waals surface area contributed by atoms with Gasteiger partial charge in [0.15, 0.2) is 5.65 Å². The Morgan fingerprint density at radius 2 is 2.00 bits per heavy atom. The molecule has 0 radical (unpaired) electrons. The highest BCUT2D eigenvalue weighted by atomic mass is 15.2. The van der Waals surface area contributed by atoms with Crippen LogP contribution in [-0.4, -0.2) is 33.3 Å². The van der Waals surface area contributed by atoms with E-state index in [1.54, 1.807) is 6.20 Å². The maximum absolute atomic E-state index is 4.47. The molecule has 0 saturated heterocycles. The molecule has 0 fully saturated rings. The monoisotopic (exact) mass is 248 g/mol. The van der Waals surface area contributed by atoms with Gasteiger partial charge in [-0.15, -0.1) is 0 Å². The van der Waals surface area contributed by atoms with Crippen LogP contribution in [0.25, 0.3) is 11.0 Å². The van der Waals surface area contributed by atoms with Gasteiger partial charge in [0.1, 0.15) is 5.82 Å². The highest BCUT2D eigenvalue weighted by Gasteiger charge is 2.13. The van der Waals surface area contributed by atoms with Gasteiger partial charge in [0.05, 0.1) is 11.6 Å². The number of aromatic amines is 1. The van der Waals surface area contributed by atoms with Crippen LogP contribution in [0.5, 0.6) is 0 Å². The molecule has 0 bridgehead atoms. The molecular weight excluding hydrogens is 228 g/mol. The molecule has 0 saturated carbocycles. The Kier molecular flexibility index (Phi) is 3.36. The van der Waals surface area contributed by atoms with Crippen LogP contribution in [0.2, 0.25) is 0 Å². The lowest BCUT2D eigenvalue weighted by molar-refractivity contribution is 0.442. The van der Waals surface area contributed by atoms with E-state index < -0.39 is 0 Å². The van der Waals surface area contributed by atoms with Gasteiger partial charge in [-0.25, -0.2) is 0 Å². The summed E-state index contributed by atoms with van der Waals surface area (Å²) in [4.78, 5) is 8.82. The van der Waals surface area contributed by atoms with Gasteiger partial charge in [-0.1, -0.05) is 20.8 Å². The lowest BCUT2D eigenvalue weighted by Gasteiger charge is -2.19. The van der Waals surface area contributed by atoms with E-state index in [4.69, 9.17) is 0 Å². The number of fused-ring (bicyclic) bond motifs is 1. The lowest BCUT2D eigenvalue weighted by atomic mass is 9.97. The Bertz CT molecular complexity index is 525. The van der Waals surface area contributed by atoms with E-state index in [2.05, 4.69) is 51.6 Å². The Hall–Kier alpha value is -1.85. The Morgan fingerprint density at radius 1 is 1.22 bits per heavy atom. The molecule has 2 heterocycles. The zero-order chi connectivity index (χ0) is 13.2. The van der Waals surface area contributed by atoms with Crippen LogP contribution in [-0.2, 0) is 0 Å². The molecule has 3 N–H and O–H groups in total. The number of hydrogen-bond donors (Lipinski definition) is 3. The number of nitrogens with one attached hydrogen (secondary N) is 3. The van der Waals surface area contributed by atoms with Crippen molar-refractivity contribution in [2.24, 2.45) is 5.41 Å². The quantitative estimate of drug-likeness (QED) is 0.773. The van der Waals surface area contributed by atoms with Crippen molar-refractivity contribution in [2.45, 2.75) is 27.7 Å². The molecule has 0 aromatic carbocycles. The van der Waals surface area contributed by atoms with E-state index >= 15 is 0 Å². The molecule has 0 aliphatic heterocycles. The van der Waals surface area contributed by atoms with Gasteiger partial charge in [-0.05, 0) is 12.3 Å². The first-order chi connectivity index (χ1) is 8.49. The second-order valence-corrected chi connectivity index (χ2v) is 5.47. The molecule has 2 aromatic heterocycles. The molecule has 2 aromatic rings. The van der Waals surface area contributed by atoms with E-state index in [1.807, 2.05) is 6.92 Å².